The molecule has 0 N–H and O–H groups in total. The molecular formula is C22H25FO3. The van der Waals surface area contributed by atoms with E-state index in [0.717, 1.165) is 18.4 Å². The van der Waals surface area contributed by atoms with Crippen molar-refractivity contribution in [2.45, 2.75) is 63.3 Å². The molecule has 4 rings (SSSR count). The van der Waals surface area contributed by atoms with Crippen LogP contribution in [-0.2, 0) is 26.4 Å². The fraction of sp³-hybridized carbons (Fsp3) is 0.455. The highest BCUT2D eigenvalue weighted by molar-refractivity contribution is 5.24. The standard InChI is InChI=1S/C22H25FO3/c1-3-18-20(24-14-15-9-7-8-12-17(15)23)21-19(25-18)13-22(2,26-21)16-10-5-4-6-11-16/h4-12,18-21H,3,13-14H2,1-2H3/t18-,19-,20+,21+,22-/m1/s1. The highest BCUT2D eigenvalue weighted by Crippen LogP contribution is 2.46. The molecule has 2 fully saturated rings. The number of hydrogen-bond donors (Lipinski definition) is 0. The summed E-state index contributed by atoms with van der Waals surface area (Å²) in [6, 6.07) is 17.0. The Hall–Kier alpha value is -1.75. The first-order valence-corrected chi connectivity index (χ1v) is 9.34. The molecule has 2 aliphatic heterocycles. The summed E-state index contributed by atoms with van der Waals surface area (Å²) in [4.78, 5) is 0. The molecular weight excluding hydrogens is 331 g/mol. The smallest absolute Gasteiger partial charge is 0.128 e. The Labute approximate surface area is 154 Å². The molecule has 3 nitrogen and oxygen atoms in total. The summed E-state index contributed by atoms with van der Waals surface area (Å²) in [6.07, 6.45) is 1.33. The van der Waals surface area contributed by atoms with Gasteiger partial charge in [-0.2, -0.15) is 0 Å². The SMILES string of the molecule is CC[C@H]1O[C@@H]2C[C@](C)(c3ccccc3)O[C@@H]2[C@H]1OCc1ccccc1F. The topological polar surface area (TPSA) is 27.7 Å². The predicted molar refractivity (Wildman–Crippen MR) is 97.2 cm³/mol. The quantitative estimate of drug-likeness (QED) is 0.784. The van der Waals surface area contributed by atoms with Crippen molar-refractivity contribution < 1.29 is 18.6 Å². The molecule has 0 unspecified atom stereocenters. The van der Waals surface area contributed by atoms with Crippen molar-refractivity contribution >= 4 is 0 Å². The van der Waals surface area contributed by atoms with Gasteiger partial charge in [0.1, 0.15) is 18.0 Å². The molecule has 26 heavy (non-hydrogen) atoms. The molecule has 5 atom stereocenters. The molecule has 2 saturated heterocycles. The largest absolute Gasteiger partial charge is 0.369 e. The fourth-order valence-electron chi connectivity index (χ4n) is 4.15. The molecule has 0 saturated carbocycles. The Balaban J connectivity index is 1.50. The van der Waals surface area contributed by atoms with E-state index in [1.165, 1.54) is 6.07 Å². The lowest BCUT2D eigenvalue weighted by atomic mass is 9.92. The number of rotatable bonds is 5. The van der Waals surface area contributed by atoms with E-state index in [0.29, 0.717) is 5.56 Å². The van der Waals surface area contributed by atoms with Crippen LogP contribution in [0.15, 0.2) is 54.6 Å². The van der Waals surface area contributed by atoms with Crippen LogP contribution in [0.2, 0.25) is 0 Å². The molecule has 4 heteroatoms. The molecule has 0 aliphatic carbocycles. The summed E-state index contributed by atoms with van der Waals surface area (Å²) in [5.41, 5.74) is 1.34. The van der Waals surface area contributed by atoms with Gasteiger partial charge in [0.15, 0.2) is 0 Å². The molecule has 0 amide bonds. The Morgan fingerprint density at radius 3 is 2.58 bits per heavy atom. The van der Waals surface area contributed by atoms with Gasteiger partial charge in [-0.05, 0) is 25.0 Å². The molecule has 0 aromatic heterocycles. The van der Waals surface area contributed by atoms with Crippen molar-refractivity contribution in [1.82, 2.24) is 0 Å². The summed E-state index contributed by atoms with van der Waals surface area (Å²) >= 11 is 0. The van der Waals surface area contributed by atoms with Crippen LogP contribution in [0.5, 0.6) is 0 Å². The zero-order valence-corrected chi connectivity index (χ0v) is 15.2. The van der Waals surface area contributed by atoms with Crippen molar-refractivity contribution in [2.75, 3.05) is 0 Å². The van der Waals surface area contributed by atoms with Crippen LogP contribution in [0.1, 0.15) is 37.8 Å². The molecule has 2 aromatic carbocycles. The summed E-state index contributed by atoms with van der Waals surface area (Å²) in [5.74, 6) is -0.238. The summed E-state index contributed by atoms with van der Waals surface area (Å²) < 4.78 is 32.8. The third-order valence-electron chi connectivity index (χ3n) is 5.57. The van der Waals surface area contributed by atoms with Gasteiger partial charge in [-0.15, -0.1) is 0 Å². The van der Waals surface area contributed by atoms with Gasteiger partial charge in [0.25, 0.3) is 0 Å². The molecule has 2 aromatic rings. The summed E-state index contributed by atoms with van der Waals surface area (Å²) in [7, 11) is 0. The lowest BCUT2D eigenvalue weighted by molar-refractivity contribution is -0.113. The Kier molecular flexibility index (Phi) is 4.82. The highest BCUT2D eigenvalue weighted by Gasteiger charge is 2.55. The molecule has 0 radical (unpaired) electrons. The maximum Gasteiger partial charge on any atom is 0.128 e. The predicted octanol–water partition coefficient (Wildman–Crippen LogP) is 4.59. The lowest BCUT2D eigenvalue weighted by Gasteiger charge is -2.29. The minimum absolute atomic E-state index is 0.00998. The van der Waals surface area contributed by atoms with Crippen molar-refractivity contribution in [3.8, 4) is 0 Å². The average Bonchev–Trinajstić information content (AvgIpc) is 3.16. The van der Waals surface area contributed by atoms with E-state index in [-0.39, 0.29) is 42.4 Å². The summed E-state index contributed by atoms with van der Waals surface area (Å²) in [6.45, 7) is 4.42. The molecule has 138 valence electrons. The van der Waals surface area contributed by atoms with Crippen molar-refractivity contribution in [3.05, 3.63) is 71.5 Å². The molecule has 0 bridgehead atoms. The van der Waals surface area contributed by atoms with Crippen LogP contribution in [0.3, 0.4) is 0 Å². The van der Waals surface area contributed by atoms with Gasteiger partial charge in [0.2, 0.25) is 0 Å². The zero-order valence-electron chi connectivity index (χ0n) is 15.2. The van der Waals surface area contributed by atoms with Crippen molar-refractivity contribution in [1.29, 1.82) is 0 Å². The molecule has 2 aliphatic rings. The average molecular weight is 356 g/mol. The third-order valence-corrected chi connectivity index (χ3v) is 5.57. The van der Waals surface area contributed by atoms with Crippen LogP contribution >= 0.6 is 0 Å². The third kappa shape index (κ3) is 3.18. The van der Waals surface area contributed by atoms with E-state index in [9.17, 15) is 4.39 Å². The van der Waals surface area contributed by atoms with Crippen LogP contribution in [0.25, 0.3) is 0 Å². The number of fused-ring (bicyclic) bond motifs is 1. The maximum atomic E-state index is 13.9. The van der Waals surface area contributed by atoms with Gasteiger partial charge in [-0.25, -0.2) is 4.39 Å². The van der Waals surface area contributed by atoms with Crippen molar-refractivity contribution in [2.24, 2.45) is 0 Å². The summed E-state index contributed by atoms with van der Waals surface area (Å²) in [5, 5.41) is 0. The lowest BCUT2D eigenvalue weighted by Crippen LogP contribution is -2.36. The number of hydrogen-bond acceptors (Lipinski definition) is 3. The van der Waals surface area contributed by atoms with Gasteiger partial charge < -0.3 is 14.2 Å². The first kappa shape index (κ1) is 17.7. The van der Waals surface area contributed by atoms with Crippen LogP contribution in [0, 0.1) is 5.82 Å². The van der Waals surface area contributed by atoms with E-state index < -0.39 is 0 Å². The van der Waals surface area contributed by atoms with E-state index >= 15 is 0 Å². The van der Waals surface area contributed by atoms with Gasteiger partial charge in [0.05, 0.1) is 24.4 Å². The monoisotopic (exact) mass is 356 g/mol. The number of ether oxygens (including phenoxy) is 3. The second kappa shape index (κ2) is 7.10. The van der Waals surface area contributed by atoms with Crippen molar-refractivity contribution in [3.63, 3.8) is 0 Å². The first-order chi connectivity index (χ1) is 12.6. The highest BCUT2D eigenvalue weighted by atomic mass is 19.1. The minimum Gasteiger partial charge on any atom is -0.369 e. The van der Waals surface area contributed by atoms with Gasteiger partial charge in [-0.3, -0.25) is 0 Å². The maximum absolute atomic E-state index is 13.9. The zero-order chi connectivity index (χ0) is 18.1. The van der Waals surface area contributed by atoms with E-state index in [2.05, 4.69) is 26.0 Å². The van der Waals surface area contributed by atoms with Crippen LogP contribution < -0.4 is 0 Å². The second-order valence-corrected chi connectivity index (χ2v) is 7.37. The molecule has 2 heterocycles. The van der Waals surface area contributed by atoms with E-state index in [1.807, 2.05) is 24.3 Å². The second-order valence-electron chi connectivity index (χ2n) is 7.37. The van der Waals surface area contributed by atoms with Gasteiger partial charge in [0, 0.05) is 12.0 Å². The van der Waals surface area contributed by atoms with E-state index in [1.54, 1.807) is 12.1 Å². The van der Waals surface area contributed by atoms with Gasteiger partial charge in [-0.1, -0.05) is 55.5 Å². The Morgan fingerprint density at radius 1 is 1.12 bits per heavy atom. The number of halogens is 1. The fourth-order valence-corrected chi connectivity index (χ4v) is 4.15. The van der Waals surface area contributed by atoms with Gasteiger partial charge >= 0.3 is 0 Å². The first-order valence-electron chi connectivity index (χ1n) is 9.34. The van der Waals surface area contributed by atoms with Crippen LogP contribution in [-0.4, -0.2) is 24.4 Å². The molecule has 0 spiro atoms. The van der Waals surface area contributed by atoms with E-state index in [4.69, 9.17) is 14.2 Å². The Bertz CT molecular complexity index is 750. The number of benzene rings is 2. The minimum atomic E-state index is -0.380. The van der Waals surface area contributed by atoms with Crippen LogP contribution in [0.4, 0.5) is 4.39 Å². The normalized spacial score (nSPS) is 33.3. The Morgan fingerprint density at radius 2 is 1.85 bits per heavy atom.